The smallest absolute Gasteiger partial charge is 0.381 e. The van der Waals surface area contributed by atoms with Crippen molar-refractivity contribution in [3.05, 3.63) is 0 Å². The topological polar surface area (TPSA) is 37.3 Å². The van der Waals surface area contributed by atoms with Crippen LogP contribution in [0.1, 0.15) is 27.7 Å². The average Bonchev–Trinajstić information content (AvgIpc) is 1.84. The maximum atomic E-state index is 10.2. The third-order valence-corrected chi connectivity index (χ3v) is 1.78. The minimum Gasteiger partial charge on any atom is -0.472 e. The van der Waals surface area contributed by atoms with Crippen LogP contribution in [-0.4, -0.2) is 11.1 Å². The lowest BCUT2D eigenvalue weighted by Gasteiger charge is -2.17. The molecule has 0 aliphatic carbocycles. The van der Waals surface area contributed by atoms with E-state index in [-0.39, 0.29) is 5.92 Å². The molecule has 1 N–H and O–H groups in total. The van der Waals surface area contributed by atoms with Crippen molar-refractivity contribution in [3.63, 3.8) is 0 Å². The van der Waals surface area contributed by atoms with Crippen molar-refractivity contribution in [2.75, 3.05) is 0 Å². The van der Waals surface area contributed by atoms with Crippen molar-refractivity contribution in [2.24, 2.45) is 17.8 Å². The molecule has 0 fully saturated rings. The predicted octanol–water partition coefficient (Wildman–Crippen LogP) is 2.00. The van der Waals surface area contributed by atoms with Gasteiger partial charge in [0, 0.05) is 11.8 Å². The highest BCUT2D eigenvalue weighted by Gasteiger charge is 2.14. The number of carbonyl (C=O) groups is 1. The number of carboxylic acids is 1. The van der Waals surface area contributed by atoms with Gasteiger partial charge in [0.05, 0.1) is 0 Å². The minimum atomic E-state index is -1.04. The lowest BCUT2D eigenvalue weighted by atomic mass is 9.86. The monoisotopic (exact) mass is 168 g/mol. The lowest BCUT2D eigenvalue weighted by Crippen LogP contribution is -2.13. The Morgan fingerprint density at radius 2 is 1.58 bits per heavy atom. The third-order valence-electron chi connectivity index (χ3n) is 1.78. The molecule has 0 bridgehead atoms. The molecule has 0 spiro atoms. The van der Waals surface area contributed by atoms with E-state index in [2.05, 4.69) is 39.5 Å². The maximum Gasteiger partial charge on any atom is 0.381 e. The van der Waals surface area contributed by atoms with Gasteiger partial charge in [-0.05, 0) is 11.8 Å². The van der Waals surface area contributed by atoms with Crippen molar-refractivity contribution < 1.29 is 9.90 Å². The molecule has 2 heteroatoms. The van der Waals surface area contributed by atoms with Crippen molar-refractivity contribution in [1.82, 2.24) is 0 Å². The normalized spacial score (nSPS) is 10.2. The van der Waals surface area contributed by atoms with Crippen LogP contribution in [0.4, 0.5) is 0 Å². The van der Waals surface area contributed by atoms with E-state index in [0.717, 1.165) is 0 Å². The Labute approximate surface area is 74.0 Å². The van der Waals surface area contributed by atoms with Crippen LogP contribution in [0.3, 0.4) is 0 Å². The number of hydrogen-bond donors (Lipinski definition) is 1. The standard InChI is InChI=1S/C10H16O2/c1-7(2)9(8(3)4)5-6-10(11)12/h7-9H,1-4H3,(H,11,12). The van der Waals surface area contributed by atoms with Crippen LogP contribution in [0.15, 0.2) is 0 Å². The molecule has 0 aliphatic rings. The molecule has 0 aliphatic heterocycles. The Kier molecular flexibility index (Phi) is 4.43. The zero-order chi connectivity index (χ0) is 9.72. The summed E-state index contributed by atoms with van der Waals surface area (Å²) in [7, 11) is 0. The average molecular weight is 168 g/mol. The van der Waals surface area contributed by atoms with E-state index < -0.39 is 5.97 Å². The van der Waals surface area contributed by atoms with Gasteiger partial charge in [0.15, 0.2) is 0 Å². The highest BCUT2D eigenvalue weighted by Crippen LogP contribution is 2.18. The summed E-state index contributed by atoms with van der Waals surface area (Å²) in [6, 6.07) is 0. The quantitative estimate of drug-likeness (QED) is 0.640. The van der Waals surface area contributed by atoms with Crippen molar-refractivity contribution in [1.29, 1.82) is 0 Å². The zero-order valence-corrected chi connectivity index (χ0v) is 8.09. The largest absolute Gasteiger partial charge is 0.472 e. The van der Waals surface area contributed by atoms with Crippen LogP contribution >= 0.6 is 0 Å². The third kappa shape index (κ3) is 4.02. The van der Waals surface area contributed by atoms with E-state index in [4.69, 9.17) is 5.11 Å². The molecule has 0 saturated carbocycles. The Morgan fingerprint density at radius 3 is 1.83 bits per heavy atom. The molecule has 0 unspecified atom stereocenters. The van der Waals surface area contributed by atoms with Crippen LogP contribution in [0, 0.1) is 29.6 Å². The van der Waals surface area contributed by atoms with Crippen LogP contribution in [0.5, 0.6) is 0 Å². The molecule has 0 amide bonds. The summed E-state index contributed by atoms with van der Waals surface area (Å²) < 4.78 is 0. The highest BCUT2D eigenvalue weighted by molar-refractivity contribution is 5.86. The van der Waals surface area contributed by atoms with Gasteiger partial charge in [-0.1, -0.05) is 33.6 Å². The molecule has 2 nitrogen and oxygen atoms in total. The second-order valence-electron chi connectivity index (χ2n) is 3.59. The summed E-state index contributed by atoms with van der Waals surface area (Å²) in [4.78, 5) is 10.2. The Balaban J connectivity index is 4.36. The van der Waals surface area contributed by atoms with Gasteiger partial charge in [-0.15, -0.1) is 0 Å². The van der Waals surface area contributed by atoms with Gasteiger partial charge in [-0.3, -0.25) is 0 Å². The van der Waals surface area contributed by atoms with Gasteiger partial charge in [0.25, 0.3) is 0 Å². The summed E-state index contributed by atoms with van der Waals surface area (Å²) in [5, 5.41) is 8.35. The molecule has 0 aromatic heterocycles. The summed E-state index contributed by atoms with van der Waals surface area (Å²) >= 11 is 0. The van der Waals surface area contributed by atoms with Crippen LogP contribution in [0.25, 0.3) is 0 Å². The van der Waals surface area contributed by atoms with Crippen LogP contribution < -0.4 is 0 Å². The van der Waals surface area contributed by atoms with Crippen molar-refractivity contribution in [3.8, 4) is 11.8 Å². The molecule has 0 saturated heterocycles. The van der Waals surface area contributed by atoms with E-state index in [1.165, 1.54) is 0 Å². The molecular weight excluding hydrogens is 152 g/mol. The first-order valence-corrected chi connectivity index (χ1v) is 4.19. The lowest BCUT2D eigenvalue weighted by molar-refractivity contribution is -0.130. The number of carboxylic acid groups (broad SMARTS) is 1. The van der Waals surface area contributed by atoms with Gasteiger partial charge in [-0.2, -0.15) is 0 Å². The molecule has 12 heavy (non-hydrogen) atoms. The fourth-order valence-electron chi connectivity index (χ4n) is 1.25. The molecule has 0 atom stereocenters. The van der Waals surface area contributed by atoms with E-state index >= 15 is 0 Å². The first-order chi connectivity index (χ1) is 5.45. The minimum absolute atomic E-state index is 0.182. The van der Waals surface area contributed by atoms with Crippen LogP contribution in [0.2, 0.25) is 0 Å². The maximum absolute atomic E-state index is 10.2. The summed E-state index contributed by atoms with van der Waals surface area (Å²) in [6.45, 7) is 8.23. The predicted molar refractivity (Wildman–Crippen MR) is 48.6 cm³/mol. The Bertz CT molecular complexity index is 198. The highest BCUT2D eigenvalue weighted by atomic mass is 16.4. The molecule has 0 rings (SSSR count). The number of rotatable bonds is 2. The fourth-order valence-corrected chi connectivity index (χ4v) is 1.25. The molecule has 0 aromatic rings. The SMILES string of the molecule is CC(C)C(C#CC(=O)O)C(C)C. The summed E-state index contributed by atoms with van der Waals surface area (Å²) in [6.07, 6.45) is 0. The van der Waals surface area contributed by atoms with Crippen molar-refractivity contribution in [2.45, 2.75) is 27.7 Å². The number of aliphatic carboxylic acids is 1. The van der Waals surface area contributed by atoms with Gasteiger partial charge in [-0.25, -0.2) is 4.79 Å². The van der Waals surface area contributed by atoms with E-state index in [0.29, 0.717) is 11.8 Å². The first-order valence-electron chi connectivity index (χ1n) is 4.19. The van der Waals surface area contributed by atoms with E-state index in [9.17, 15) is 4.79 Å². The fraction of sp³-hybridized carbons (Fsp3) is 0.700. The van der Waals surface area contributed by atoms with Gasteiger partial charge in [0.1, 0.15) is 0 Å². The van der Waals surface area contributed by atoms with Gasteiger partial charge in [0.2, 0.25) is 0 Å². The Morgan fingerprint density at radius 1 is 1.17 bits per heavy atom. The van der Waals surface area contributed by atoms with E-state index in [1.54, 1.807) is 0 Å². The molecule has 0 heterocycles. The first kappa shape index (κ1) is 11.0. The van der Waals surface area contributed by atoms with Gasteiger partial charge >= 0.3 is 5.97 Å². The Hall–Kier alpha value is -0.970. The summed E-state index contributed by atoms with van der Waals surface area (Å²) in [5.74, 6) is 4.91. The second-order valence-corrected chi connectivity index (χ2v) is 3.59. The summed E-state index contributed by atoms with van der Waals surface area (Å²) in [5.41, 5.74) is 0. The van der Waals surface area contributed by atoms with Crippen molar-refractivity contribution >= 4 is 5.97 Å². The molecular formula is C10H16O2. The molecule has 68 valence electrons. The second kappa shape index (κ2) is 4.82. The van der Waals surface area contributed by atoms with Gasteiger partial charge < -0.3 is 5.11 Å². The van der Waals surface area contributed by atoms with E-state index in [1.807, 2.05) is 0 Å². The number of hydrogen-bond acceptors (Lipinski definition) is 1. The van der Waals surface area contributed by atoms with Crippen LogP contribution in [-0.2, 0) is 4.79 Å². The molecule has 0 radical (unpaired) electrons. The molecule has 0 aromatic carbocycles. The zero-order valence-electron chi connectivity index (χ0n) is 8.09.